The Labute approximate surface area is 176 Å². The SMILES string of the molecule is Fc1ccc(C(NCCOc2ccccc2-c2ccccc2)c2cccnc2)cc1. The second-order valence-corrected chi connectivity index (χ2v) is 6.94. The van der Waals surface area contributed by atoms with Crippen LogP contribution in [-0.2, 0) is 0 Å². The second kappa shape index (κ2) is 9.81. The molecule has 1 N–H and O–H groups in total. The van der Waals surface area contributed by atoms with Crippen molar-refractivity contribution >= 4 is 0 Å². The first-order valence-corrected chi connectivity index (χ1v) is 9.97. The number of nitrogens with zero attached hydrogens (tertiary/aromatic N) is 1. The number of ether oxygens (including phenoxy) is 1. The highest BCUT2D eigenvalue weighted by Crippen LogP contribution is 2.29. The minimum absolute atomic E-state index is 0.0905. The van der Waals surface area contributed by atoms with Gasteiger partial charge in [-0.15, -0.1) is 0 Å². The Hall–Kier alpha value is -3.50. The molecule has 1 atom stereocenters. The maximum Gasteiger partial charge on any atom is 0.127 e. The highest BCUT2D eigenvalue weighted by Gasteiger charge is 2.14. The summed E-state index contributed by atoms with van der Waals surface area (Å²) in [5.41, 5.74) is 4.20. The van der Waals surface area contributed by atoms with E-state index >= 15 is 0 Å². The molecular formula is C26H23FN2O. The van der Waals surface area contributed by atoms with E-state index in [1.54, 1.807) is 18.3 Å². The molecular weight excluding hydrogens is 375 g/mol. The topological polar surface area (TPSA) is 34.1 Å². The zero-order chi connectivity index (χ0) is 20.6. The summed E-state index contributed by atoms with van der Waals surface area (Å²) < 4.78 is 19.5. The Morgan fingerprint density at radius 1 is 0.800 bits per heavy atom. The number of nitrogens with one attached hydrogen (secondary N) is 1. The molecule has 0 aliphatic rings. The Bertz CT molecular complexity index is 1050. The molecule has 1 aromatic heterocycles. The predicted octanol–water partition coefficient (Wildman–Crippen LogP) is 5.65. The summed E-state index contributed by atoms with van der Waals surface area (Å²) >= 11 is 0. The van der Waals surface area contributed by atoms with Crippen molar-refractivity contribution in [3.8, 4) is 16.9 Å². The van der Waals surface area contributed by atoms with Crippen LogP contribution in [0.25, 0.3) is 11.1 Å². The molecule has 0 radical (unpaired) electrons. The Balaban J connectivity index is 1.44. The van der Waals surface area contributed by atoms with Gasteiger partial charge in [-0.05, 0) is 41.0 Å². The van der Waals surface area contributed by atoms with Gasteiger partial charge in [0.1, 0.15) is 18.2 Å². The van der Waals surface area contributed by atoms with Crippen LogP contribution in [0.1, 0.15) is 17.2 Å². The van der Waals surface area contributed by atoms with Crippen LogP contribution in [0, 0.1) is 5.82 Å². The van der Waals surface area contributed by atoms with Crippen LogP contribution in [0.3, 0.4) is 0 Å². The van der Waals surface area contributed by atoms with Gasteiger partial charge in [0.05, 0.1) is 6.04 Å². The van der Waals surface area contributed by atoms with E-state index in [9.17, 15) is 4.39 Å². The van der Waals surface area contributed by atoms with E-state index in [2.05, 4.69) is 28.5 Å². The van der Waals surface area contributed by atoms with Crippen molar-refractivity contribution in [3.05, 3.63) is 120 Å². The summed E-state index contributed by atoms with van der Waals surface area (Å²) in [6, 6.07) is 28.6. The van der Waals surface area contributed by atoms with Gasteiger partial charge in [0.15, 0.2) is 0 Å². The molecule has 4 aromatic rings. The van der Waals surface area contributed by atoms with Crippen LogP contribution < -0.4 is 10.1 Å². The standard InChI is InChI=1S/C26H23FN2O/c27-23-14-12-21(13-15-23)26(22-9-6-16-28-19-22)29-17-18-30-25-11-5-4-10-24(25)20-7-2-1-3-8-20/h1-16,19,26,29H,17-18H2. The van der Waals surface area contributed by atoms with Crippen LogP contribution in [0.2, 0.25) is 0 Å². The van der Waals surface area contributed by atoms with Crippen molar-refractivity contribution in [2.75, 3.05) is 13.2 Å². The van der Waals surface area contributed by atoms with E-state index in [-0.39, 0.29) is 11.9 Å². The number of hydrogen-bond acceptors (Lipinski definition) is 3. The quantitative estimate of drug-likeness (QED) is 0.390. The van der Waals surface area contributed by atoms with Gasteiger partial charge >= 0.3 is 0 Å². The van der Waals surface area contributed by atoms with E-state index < -0.39 is 0 Å². The summed E-state index contributed by atoms with van der Waals surface area (Å²) in [4.78, 5) is 4.22. The molecule has 1 heterocycles. The average Bonchev–Trinajstić information content (AvgIpc) is 2.81. The number of para-hydroxylation sites is 1. The molecule has 150 valence electrons. The van der Waals surface area contributed by atoms with E-state index in [1.807, 2.05) is 54.7 Å². The van der Waals surface area contributed by atoms with Gasteiger partial charge in [0, 0.05) is 24.5 Å². The first-order valence-electron chi connectivity index (χ1n) is 9.97. The van der Waals surface area contributed by atoms with Crippen molar-refractivity contribution in [1.82, 2.24) is 10.3 Å². The van der Waals surface area contributed by atoms with Crippen LogP contribution in [0.15, 0.2) is 103 Å². The third kappa shape index (κ3) is 4.91. The normalized spacial score (nSPS) is 11.8. The third-order valence-corrected chi connectivity index (χ3v) is 4.90. The molecule has 30 heavy (non-hydrogen) atoms. The molecule has 0 bridgehead atoms. The summed E-state index contributed by atoms with van der Waals surface area (Å²) in [7, 11) is 0. The zero-order valence-electron chi connectivity index (χ0n) is 16.5. The lowest BCUT2D eigenvalue weighted by atomic mass is 10.0. The fourth-order valence-corrected chi connectivity index (χ4v) is 3.44. The second-order valence-electron chi connectivity index (χ2n) is 6.94. The molecule has 0 aliphatic carbocycles. The number of aromatic nitrogens is 1. The molecule has 1 unspecified atom stereocenters. The molecule has 0 spiro atoms. The van der Waals surface area contributed by atoms with Gasteiger partial charge < -0.3 is 10.1 Å². The lowest BCUT2D eigenvalue weighted by molar-refractivity contribution is 0.310. The maximum absolute atomic E-state index is 13.4. The van der Waals surface area contributed by atoms with E-state index in [4.69, 9.17) is 4.74 Å². The predicted molar refractivity (Wildman–Crippen MR) is 118 cm³/mol. The highest BCUT2D eigenvalue weighted by molar-refractivity contribution is 5.70. The van der Waals surface area contributed by atoms with Crippen molar-refractivity contribution in [2.45, 2.75) is 6.04 Å². The molecule has 3 aromatic carbocycles. The largest absolute Gasteiger partial charge is 0.492 e. The van der Waals surface area contributed by atoms with Gasteiger partial charge in [-0.1, -0.05) is 66.7 Å². The molecule has 0 saturated heterocycles. The summed E-state index contributed by atoms with van der Waals surface area (Å²) in [6.45, 7) is 1.13. The minimum Gasteiger partial charge on any atom is -0.492 e. The van der Waals surface area contributed by atoms with E-state index in [0.29, 0.717) is 13.2 Å². The monoisotopic (exact) mass is 398 g/mol. The van der Waals surface area contributed by atoms with Crippen LogP contribution in [-0.4, -0.2) is 18.1 Å². The molecule has 3 nitrogen and oxygen atoms in total. The number of halogens is 1. The van der Waals surface area contributed by atoms with Crippen LogP contribution >= 0.6 is 0 Å². The first kappa shape index (κ1) is 19.8. The van der Waals surface area contributed by atoms with Gasteiger partial charge in [-0.25, -0.2) is 4.39 Å². The van der Waals surface area contributed by atoms with Crippen molar-refractivity contribution in [1.29, 1.82) is 0 Å². The highest BCUT2D eigenvalue weighted by atomic mass is 19.1. The Morgan fingerprint density at radius 3 is 2.33 bits per heavy atom. The number of pyridine rings is 1. The van der Waals surface area contributed by atoms with E-state index in [0.717, 1.165) is 28.0 Å². The number of benzene rings is 3. The van der Waals surface area contributed by atoms with Gasteiger partial charge in [0.2, 0.25) is 0 Å². The molecule has 0 aliphatic heterocycles. The fourth-order valence-electron chi connectivity index (χ4n) is 3.44. The molecule has 4 rings (SSSR count). The molecule has 0 amide bonds. The van der Waals surface area contributed by atoms with Crippen molar-refractivity contribution in [3.63, 3.8) is 0 Å². The van der Waals surface area contributed by atoms with Gasteiger partial charge in [0.25, 0.3) is 0 Å². The Morgan fingerprint density at radius 2 is 1.57 bits per heavy atom. The van der Waals surface area contributed by atoms with E-state index in [1.165, 1.54) is 12.1 Å². The third-order valence-electron chi connectivity index (χ3n) is 4.90. The zero-order valence-corrected chi connectivity index (χ0v) is 16.5. The lowest BCUT2D eigenvalue weighted by Gasteiger charge is -2.20. The van der Waals surface area contributed by atoms with Crippen LogP contribution in [0.4, 0.5) is 4.39 Å². The lowest BCUT2D eigenvalue weighted by Crippen LogP contribution is -2.27. The van der Waals surface area contributed by atoms with Crippen molar-refractivity contribution < 1.29 is 9.13 Å². The van der Waals surface area contributed by atoms with Crippen LogP contribution in [0.5, 0.6) is 5.75 Å². The summed E-state index contributed by atoms with van der Waals surface area (Å²) in [5, 5.41) is 3.51. The molecule has 0 fully saturated rings. The fraction of sp³-hybridized carbons (Fsp3) is 0.115. The summed E-state index contributed by atoms with van der Waals surface area (Å²) in [5.74, 6) is 0.606. The smallest absolute Gasteiger partial charge is 0.127 e. The Kier molecular flexibility index (Phi) is 6.47. The summed E-state index contributed by atoms with van der Waals surface area (Å²) in [6.07, 6.45) is 3.57. The number of rotatable bonds is 8. The average molecular weight is 398 g/mol. The van der Waals surface area contributed by atoms with Crippen molar-refractivity contribution in [2.24, 2.45) is 0 Å². The molecule has 4 heteroatoms. The first-order chi connectivity index (χ1) is 14.8. The number of hydrogen-bond donors (Lipinski definition) is 1. The minimum atomic E-state index is -0.246. The van der Waals surface area contributed by atoms with Gasteiger partial charge in [-0.2, -0.15) is 0 Å². The molecule has 0 saturated carbocycles. The van der Waals surface area contributed by atoms with Gasteiger partial charge in [-0.3, -0.25) is 4.98 Å². The maximum atomic E-state index is 13.4.